The van der Waals surface area contributed by atoms with Crippen LogP contribution < -0.4 is 5.32 Å². The van der Waals surface area contributed by atoms with Crippen LogP contribution in [0.5, 0.6) is 0 Å². The molecule has 0 radical (unpaired) electrons. The normalized spacial score (nSPS) is 21.7. The number of rotatable bonds is 3. The molecule has 1 aliphatic carbocycles. The van der Waals surface area contributed by atoms with E-state index >= 15 is 0 Å². The Balaban J connectivity index is 2.51. The average Bonchev–Trinajstić information content (AvgIpc) is 2.17. The van der Waals surface area contributed by atoms with Crippen molar-refractivity contribution in [3.05, 3.63) is 0 Å². The Hall–Kier alpha value is -0.550. The molecule has 86 valence electrons. The summed E-state index contributed by atoms with van der Waals surface area (Å²) in [6, 6.07) is 2.53. The summed E-state index contributed by atoms with van der Waals surface area (Å²) in [7, 11) is 0. The summed E-state index contributed by atoms with van der Waals surface area (Å²) in [5.41, 5.74) is -0.218. The summed E-state index contributed by atoms with van der Waals surface area (Å²) < 4.78 is 0. The zero-order valence-electron chi connectivity index (χ0n) is 10.2. The molecule has 0 atom stereocenters. The van der Waals surface area contributed by atoms with Crippen LogP contribution >= 0.6 is 0 Å². The molecular formula is C13H24N2. The van der Waals surface area contributed by atoms with Crippen LogP contribution in [0.3, 0.4) is 0 Å². The molecule has 0 heterocycles. The van der Waals surface area contributed by atoms with Gasteiger partial charge in [-0.25, -0.2) is 0 Å². The molecule has 1 aliphatic rings. The van der Waals surface area contributed by atoms with Crippen LogP contribution in [0.1, 0.15) is 58.8 Å². The van der Waals surface area contributed by atoms with Gasteiger partial charge in [0, 0.05) is 0 Å². The van der Waals surface area contributed by atoms with Gasteiger partial charge in [0.05, 0.1) is 6.07 Å². The van der Waals surface area contributed by atoms with Crippen molar-refractivity contribution in [1.29, 1.82) is 5.26 Å². The van der Waals surface area contributed by atoms with E-state index in [-0.39, 0.29) is 5.54 Å². The summed E-state index contributed by atoms with van der Waals surface area (Å²) >= 11 is 0. The van der Waals surface area contributed by atoms with Crippen molar-refractivity contribution in [3.63, 3.8) is 0 Å². The molecule has 1 saturated carbocycles. The van der Waals surface area contributed by atoms with E-state index in [0.29, 0.717) is 5.92 Å². The van der Waals surface area contributed by atoms with E-state index in [4.69, 9.17) is 0 Å². The Bertz CT molecular complexity index is 207. The van der Waals surface area contributed by atoms with E-state index in [9.17, 15) is 5.26 Å². The Kier molecular flexibility index (Phi) is 5.11. The first-order chi connectivity index (χ1) is 7.18. The molecule has 2 nitrogen and oxygen atoms in total. The number of nitrogens with zero attached hydrogens (tertiary/aromatic N) is 1. The third-order valence-corrected chi connectivity index (χ3v) is 3.27. The van der Waals surface area contributed by atoms with E-state index in [2.05, 4.69) is 25.2 Å². The largest absolute Gasteiger partial charge is 0.299 e. The van der Waals surface area contributed by atoms with Gasteiger partial charge in [0.25, 0.3) is 0 Å². The highest BCUT2D eigenvalue weighted by Gasteiger charge is 2.29. The second-order valence-corrected chi connectivity index (χ2v) is 5.24. The fraction of sp³-hybridized carbons (Fsp3) is 0.923. The van der Waals surface area contributed by atoms with Gasteiger partial charge in [0.15, 0.2) is 0 Å². The molecule has 0 amide bonds. The minimum Gasteiger partial charge on any atom is -0.299 e. The number of hydrogen-bond acceptors (Lipinski definition) is 2. The van der Waals surface area contributed by atoms with Crippen LogP contribution in [-0.4, -0.2) is 12.1 Å². The van der Waals surface area contributed by atoms with Gasteiger partial charge in [-0.05, 0) is 25.3 Å². The van der Waals surface area contributed by atoms with Crippen LogP contribution in [0.2, 0.25) is 0 Å². The maximum atomic E-state index is 9.36. The molecule has 0 bridgehead atoms. The Morgan fingerprint density at radius 3 is 2.13 bits per heavy atom. The first-order valence-electron chi connectivity index (χ1n) is 6.35. The predicted molar refractivity (Wildman–Crippen MR) is 63.5 cm³/mol. The van der Waals surface area contributed by atoms with Crippen LogP contribution in [-0.2, 0) is 0 Å². The molecule has 15 heavy (non-hydrogen) atoms. The lowest BCUT2D eigenvalue weighted by Gasteiger charge is -2.30. The van der Waals surface area contributed by atoms with Crippen molar-refractivity contribution >= 4 is 0 Å². The molecule has 0 aromatic heterocycles. The maximum absolute atomic E-state index is 9.36. The third kappa shape index (κ3) is 4.22. The van der Waals surface area contributed by atoms with Crippen molar-refractivity contribution in [3.8, 4) is 6.07 Å². The van der Waals surface area contributed by atoms with Gasteiger partial charge in [0.1, 0.15) is 5.54 Å². The van der Waals surface area contributed by atoms with Gasteiger partial charge in [0.2, 0.25) is 0 Å². The molecule has 0 saturated heterocycles. The summed E-state index contributed by atoms with van der Waals surface area (Å²) in [6.07, 6.45) is 8.44. The molecule has 0 unspecified atom stereocenters. The molecule has 0 aliphatic heterocycles. The molecule has 0 aromatic carbocycles. The minimum absolute atomic E-state index is 0.218. The van der Waals surface area contributed by atoms with E-state index < -0.39 is 0 Å². The average molecular weight is 208 g/mol. The van der Waals surface area contributed by atoms with Crippen molar-refractivity contribution < 1.29 is 0 Å². The zero-order chi connectivity index (χ0) is 11.1. The molecule has 2 heteroatoms. The van der Waals surface area contributed by atoms with Gasteiger partial charge < -0.3 is 0 Å². The summed E-state index contributed by atoms with van der Waals surface area (Å²) in [5.74, 6) is 0.626. The van der Waals surface area contributed by atoms with Gasteiger partial charge in [-0.3, -0.25) is 5.32 Å². The summed E-state index contributed by atoms with van der Waals surface area (Å²) in [4.78, 5) is 0. The Morgan fingerprint density at radius 1 is 1.13 bits per heavy atom. The van der Waals surface area contributed by atoms with Crippen molar-refractivity contribution in [2.75, 3.05) is 6.54 Å². The molecule has 1 rings (SSSR count). The monoisotopic (exact) mass is 208 g/mol. The van der Waals surface area contributed by atoms with E-state index in [0.717, 1.165) is 19.4 Å². The predicted octanol–water partition coefficient (Wildman–Crippen LogP) is 3.24. The van der Waals surface area contributed by atoms with Crippen LogP contribution in [0.25, 0.3) is 0 Å². The van der Waals surface area contributed by atoms with Crippen LogP contribution in [0.4, 0.5) is 0 Å². The highest BCUT2D eigenvalue weighted by atomic mass is 15.0. The first-order valence-corrected chi connectivity index (χ1v) is 6.35. The first kappa shape index (κ1) is 12.5. The number of nitriles is 1. The SMILES string of the molecule is CC(C)CNC1(C#N)CCCCCCC1. The fourth-order valence-corrected chi connectivity index (χ4v) is 2.24. The second-order valence-electron chi connectivity index (χ2n) is 5.24. The smallest absolute Gasteiger partial charge is 0.106 e. The van der Waals surface area contributed by atoms with Gasteiger partial charge in [-0.1, -0.05) is 46.0 Å². The summed E-state index contributed by atoms with van der Waals surface area (Å²) in [5, 5.41) is 12.8. The van der Waals surface area contributed by atoms with E-state index in [1.54, 1.807) is 0 Å². The highest BCUT2D eigenvalue weighted by Crippen LogP contribution is 2.25. The quantitative estimate of drug-likeness (QED) is 0.773. The maximum Gasteiger partial charge on any atom is 0.106 e. The van der Waals surface area contributed by atoms with E-state index in [1.165, 1.54) is 32.1 Å². The van der Waals surface area contributed by atoms with Crippen LogP contribution in [0.15, 0.2) is 0 Å². The van der Waals surface area contributed by atoms with Crippen molar-refractivity contribution in [2.24, 2.45) is 5.92 Å². The lowest BCUT2D eigenvalue weighted by molar-refractivity contribution is 0.304. The fourth-order valence-electron chi connectivity index (χ4n) is 2.24. The zero-order valence-corrected chi connectivity index (χ0v) is 10.2. The van der Waals surface area contributed by atoms with Gasteiger partial charge in [-0.15, -0.1) is 0 Å². The van der Waals surface area contributed by atoms with Crippen molar-refractivity contribution in [1.82, 2.24) is 5.32 Å². The lowest BCUT2D eigenvalue weighted by Crippen LogP contribution is -2.45. The highest BCUT2D eigenvalue weighted by molar-refractivity contribution is 5.07. The second kappa shape index (κ2) is 6.12. The van der Waals surface area contributed by atoms with E-state index in [1.807, 2.05) is 0 Å². The Morgan fingerprint density at radius 2 is 1.67 bits per heavy atom. The van der Waals surface area contributed by atoms with Gasteiger partial charge >= 0.3 is 0 Å². The molecule has 0 aromatic rings. The topological polar surface area (TPSA) is 35.8 Å². The Labute approximate surface area is 94.1 Å². The van der Waals surface area contributed by atoms with Gasteiger partial charge in [-0.2, -0.15) is 5.26 Å². The lowest BCUT2D eigenvalue weighted by atomic mass is 9.85. The molecule has 0 spiro atoms. The minimum atomic E-state index is -0.218. The van der Waals surface area contributed by atoms with Crippen molar-refractivity contribution in [2.45, 2.75) is 64.3 Å². The number of nitrogens with one attached hydrogen (secondary N) is 1. The molecule has 1 fully saturated rings. The standard InChI is InChI=1S/C13H24N2/c1-12(2)10-15-13(11-14)8-6-4-3-5-7-9-13/h12,15H,3-10H2,1-2H3. The molecule has 1 N–H and O–H groups in total. The summed E-state index contributed by atoms with van der Waals surface area (Å²) in [6.45, 7) is 5.36. The number of hydrogen-bond donors (Lipinski definition) is 1. The molecular weight excluding hydrogens is 184 g/mol. The van der Waals surface area contributed by atoms with Crippen LogP contribution in [0, 0.1) is 17.2 Å². The third-order valence-electron chi connectivity index (χ3n) is 3.27.